The smallest absolute Gasteiger partial charge is 0.169 e. The molecule has 1 aromatic heterocycles. The molecule has 3 nitrogen and oxygen atoms in total. The Kier molecular flexibility index (Phi) is 2.76. The average molecular weight is 259 g/mol. The number of imidazole rings is 1. The molecule has 3 N–H and O–H groups in total. The van der Waals surface area contributed by atoms with Crippen molar-refractivity contribution in [1.29, 1.82) is 0 Å². The van der Waals surface area contributed by atoms with Crippen molar-refractivity contribution in [1.82, 2.24) is 9.97 Å². The number of rotatable bonds is 2. The van der Waals surface area contributed by atoms with Crippen LogP contribution in [0.15, 0.2) is 36.4 Å². The molecule has 0 spiro atoms. The first-order valence-electron chi connectivity index (χ1n) is 5.83. The van der Waals surface area contributed by atoms with E-state index in [1.165, 1.54) is 12.1 Å². The van der Waals surface area contributed by atoms with Gasteiger partial charge >= 0.3 is 0 Å². The maximum absolute atomic E-state index is 13.7. The van der Waals surface area contributed by atoms with Gasteiger partial charge in [-0.25, -0.2) is 13.8 Å². The zero-order valence-corrected chi connectivity index (χ0v) is 9.95. The molecule has 96 valence electrons. The number of fused-ring (bicyclic) bond motifs is 1. The van der Waals surface area contributed by atoms with Crippen LogP contribution in [-0.4, -0.2) is 9.97 Å². The first-order chi connectivity index (χ1) is 9.20. The third-order valence-corrected chi connectivity index (χ3v) is 3.02. The van der Waals surface area contributed by atoms with E-state index in [0.717, 1.165) is 17.1 Å². The van der Waals surface area contributed by atoms with Crippen LogP contribution < -0.4 is 5.73 Å². The second kappa shape index (κ2) is 4.44. The van der Waals surface area contributed by atoms with Crippen LogP contribution in [0.4, 0.5) is 8.78 Å². The van der Waals surface area contributed by atoms with Crippen molar-refractivity contribution in [2.75, 3.05) is 0 Å². The van der Waals surface area contributed by atoms with E-state index >= 15 is 0 Å². The summed E-state index contributed by atoms with van der Waals surface area (Å²) in [5.41, 5.74) is 8.03. The lowest BCUT2D eigenvalue weighted by atomic mass is 10.2. The van der Waals surface area contributed by atoms with Crippen LogP contribution in [0.2, 0.25) is 0 Å². The quantitative estimate of drug-likeness (QED) is 0.743. The number of hydrogen-bond acceptors (Lipinski definition) is 2. The van der Waals surface area contributed by atoms with E-state index in [0.29, 0.717) is 17.9 Å². The van der Waals surface area contributed by atoms with Gasteiger partial charge in [-0.1, -0.05) is 18.2 Å². The number of para-hydroxylation sites is 1. The van der Waals surface area contributed by atoms with Crippen molar-refractivity contribution in [2.45, 2.75) is 6.54 Å². The summed E-state index contributed by atoms with van der Waals surface area (Å²) >= 11 is 0. The fourth-order valence-corrected chi connectivity index (χ4v) is 2.07. The van der Waals surface area contributed by atoms with Crippen LogP contribution in [0, 0.1) is 11.6 Å². The highest BCUT2D eigenvalue weighted by Crippen LogP contribution is 2.25. The highest BCUT2D eigenvalue weighted by atomic mass is 19.2. The summed E-state index contributed by atoms with van der Waals surface area (Å²) < 4.78 is 27.0. The lowest BCUT2D eigenvalue weighted by Gasteiger charge is -1.99. The second-order valence-corrected chi connectivity index (χ2v) is 4.20. The SMILES string of the molecule is NCc1cccc2[nH]c(-c3cccc(F)c3F)nc12. The van der Waals surface area contributed by atoms with Crippen LogP contribution in [0.1, 0.15) is 5.56 Å². The average Bonchev–Trinajstić information content (AvgIpc) is 2.85. The Morgan fingerprint density at radius 2 is 1.89 bits per heavy atom. The molecule has 5 heteroatoms. The first kappa shape index (κ1) is 11.8. The number of nitrogens with zero attached hydrogens (tertiary/aromatic N) is 1. The van der Waals surface area contributed by atoms with Crippen LogP contribution >= 0.6 is 0 Å². The number of H-pyrrole nitrogens is 1. The predicted molar refractivity (Wildman–Crippen MR) is 69.3 cm³/mol. The van der Waals surface area contributed by atoms with E-state index < -0.39 is 11.6 Å². The van der Waals surface area contributed by atoms with Crippen molar-refractivity contribution >= 4 is 11.0 Å². The number of halogens is 2. The molecule has 0 aliphatic heterocycles. The van der Waals surface area contributed by atoms with Gasteiger partial charge in [0.25, 0.3) is 0 Å². The third kappa shape index (κ3) is 1.88. The molecule has 0 fully saturated rings. The number of aromatic nitrogens is 2. The minimum Gasteiger partial charge on any atom is -0.338 e. The highest BCUT2D eigenvalue weighted by molar-refractivity contribution is 5.82. The van der Waals surface area contributed by atoms with E-state index in [1.54, 1.807) is 0 Å². The maximum Gasteiger partial charge on any atom is 0.169 e. The number of benzene rings is 2. The van der Waals surface area contributed by atoms with Gasteiger partial charge in [-0.2, -0.15) is 0 Å². The molecule has 0 saturated carbocycles. The topological polar surface area (TPSA) is 54.7 Å². The minimum absolute atomic E-state index is 0.110. The summed E-state index contributed by atoms with van der Waals surface area (Å²) in [6.07, 6.45) is 0. The molecule has 3 aromatic rings. The lowest BCUT2D eigenvalue weighted by Crippen LogP contribution is -1.96. The van der Waals surface area contributed by atoms with Gasteiger partial charge < -0.3 is 10.7 Å². The maximum atomic E-state index is 13.7. The Morgan fingerprint density at radius 3 is 2.68 bits per heavy atom. The Labute approximate surface area is 108 Å². The Bertz CT molecular complexity index is 750. The fourth-order valence-electron chi connectivity index (χ4n) is 2.07. The Hall–Kier alpha value is -2.27. The number of nitrogens with one attached hydrogen (secondary N) is 1. The number of aromatic amines is 1. The fraction of sp³-hybridized carbons (Fsp3) is 0.0714. The van der Waals surface area contributed by atoms with Gasteiger partial charge in [0.2, 0.25) is 0 Å². The molecule has 0 unspecified atom stereocenters. The van der Waals surface area contributed by atoms with Gasteiger partial charge in [0.15, 0.2) is 11.6 Å². The zero-order valence-electron chi connectivity index (χ0n) is 9.95. The second-order valence-electron chi connectivity index (χ2n) is 4.20. The van der Waals surface area contributed by atoms with Gasteiger partial charge in [-0.15, -0.1) is 0 Å². The standard InChI is InChI=1S/C14H11F2N3/c15-10-5-2-4-9(12(10)16)14-18-11-6-1-3-8(7-17)13(11)19-14/h1-6H,7,17H2,(H,18,19). The molecular formula is C14H11F2N3. The highest BCUT2D eigenvalue weighted by Gasteiger charge is 2.14. The van der Waals surface area contributed by atoms with Crippen molar-refractivity contribution in [3.8, 4) is 11.4 Å². The van der Waals surface area contributed by atoms with Crippen molar-refractivity contribution in [2.24, 2.45) is 5.73 Å². The normalized spacial score (nSPS) is 11.1. The van der Waals surface area contributed by atoms with Crippen molar-refractivity contribution < 1.29 is 8.78 Å². The van der Waals surface area contributed by atoms with E-state index in [4.69, 9.17) is 5.73 Å². The van der Waals surface area contributed by atoms with Gasteiger partial charge in [-0.05, 0) is 23.8 Å². The van der Waals surface area contributed by atoms with E-state index in [2.05, 4.69) is 9.97 Å². The molecule has 0 aliphatic rings. The van der Waals surface area contributed by atoms with Crippen molar-refractivity contribution in [3.05, 3.63) is 53.6 Å². The van der Waals surface area contributed by atoms with Crippen LogP contribution in [-0.2, 0) is 6.54 Å². The van der Waals surface area contributed by atoms with E-state index in [-0.39, 0.29) is 5.56 Å². The predicted octanol–water partition coefficient (Wildman–Crippen LogP) is 2.97. The number of hydrogen-bond donors (Lipinski definition) is 2. The minimum atomic E-state index is -0.907. The summed E-state index contributed by atoms with van der Waals surface area (Å²) in [5, 5.41) is 0. The molecule has 19 heavy (non-hydrogen) atoms. The van der Waals surface area contributed by atoms with Gasteiger partial charge in [0, 0.05) is 6.54 Å². The molecule has 0 radical (unpaired) electrons. The molecule has 0 atom stereocenters. The molecule has 3 rings (SSSR count). The molecule has 0 bridgehead atoms. The van der Waals surface area contributed by atoms with Crippen LogP contribution in [0.3, 0.4) is 0 Å². The third-order valence-electron chi connectivity index (χ3n) is 3.02. The number of nitrogens with two attached hydrogens (primary N) is 1. The monoisotopic (exact) mass is 259 g/mol. The first-order valence-corrected chi connectivity index (χ1v) is 5.83. The lowest BCUT2D eigenvalue weighted by molar-refractivity contribution is 0.510. The molecule has 0 amide bonds. The Morgan fingerprint density at radius 1 is 1.11 bits per heavy atom. The summed E-state index contributed by atoms with van der Waals surface area (Å²) in [5.74, 6) is -1.50. The largest absolute Gasteiger partial charge is 0.338 e. The molecular weight excluding hydrogens is 248 g/mol. The van der Waals surface area contributed by atoms with Gasteiger partial charge in [0.05, 0.1) is 16.6 Å². The Balaban J connectivity index is 2.24. The molecule has 1 heterocycles. The molecule has 2 aromatic carbocycles. The van der Waals surface area contributed by atoms with Crippen LogP contribution in [0.25, 0.3) is 22.4 Å². The summed E-state index contributed by atoms with van der Waals surface area (Å²) in [4.78, 5) is 7.29. The molecule has 0 aliphatic carbocycles. The van der Waals surface area contributed by atoms with E-state index in [1.807, 2.05) is 18.2 Å². The summed E-state index contributed by atoms with van der Waals surface area (Å²) in [6.45, 7) is 0.341. The van der Waals surface area contributed by atoms with Crippen LogP contribution in [0.5, 0.6) is 0 Å². The van der Waals surface area contributed by atoms with Gasteiger partial charge in [-0.3, -0.25) is 0 Å². The summed E-state index contributed by atoms with van der Waals surface area (Å²) in [6, 6.07) is 9.53. The molecule has 0 saturated heterocycles. The zero-order chi connectivity index (χ0) is 13.4. The van der Waals surface area contributed by atoms with Crippen molar-refractivity contribution in [3.63, 3.8) is 0 Å². The van der Waals surface area contributed by atoms with Gasteiger partial charge in [0.1, 0.15) is 5.82 Å². The summed E-state index contributed by atoms with van der Waals surface area (Å²) in [7, 11) is 0. The van der Waals surface area contributed by atoms with E-state index in [9.17, 15) is 8.78 Å².